The Morgan fingerprint density at radius 3 is 2.67 bits per heavy atom. The molecular weight excluding hydrogens is 521 g/mol. The summed E-state index contributed by atoms with van der Waals surface area (Å²) in [5.41, 5.74) is -1.34. The number of alkyl carbamates (subject to hydrolysis) is 1. The minimum atomic E-state index is -0.995. The van der Waals surface area contributed by atoms with Gasteiger partial charge in [0.15, 0.2) is 5.82 Å². The molecule has 2 N–H and O–H groups in total. The highest BCUT2D eigenvalue weighted by Crippen LogP contribution is 2.45. The van der Waals surface area contributed by atoms with Crippen molar-refractivity contribution < 1.29 is 23.6 Å². The molecule has 1 aromatic heterocycles. The minimum Gasteiger partial charge on any atom is -0.444 e. The lowest BCUT2D eigenvalue weighted by molar-refractivity contribution is -0.385. The van der Waals surface area contributed by atoms with Crippen molar-refractivity contribution in [2.75, 3.05) is 24.5 Å². The summed E-state index contributed by atoms with van der Waals surface area (Å²) in [6.07, 6.45) is 2.75. The van der Waals surface area contributed by atoms with Crippen molar-refractivity contribution in [1.82, 2.24) is 20.6 Å². The lowest BCUT2D eigenvalue weighted by atomic mass is 10.1. The third-order valence-electron chi connectivity index (χ3n) is 6.97. The van der Waals surface area contributed by atoms with E-state index in [2.05, 4.69) is 26.7 Å². The van der Waals surface area contributed by atoms with Gasteiger partial charge in [0.05, 0.1) is 16.6 Å². The van der Waals surface area contributed by atoms with Gasteiger partial charge in [-0.2, -0.15) is 5.26 Å². The van der Waals surface area contributed by atoms with Gasteiger partial charge < -0.3 is 20.3 Å². The Labute approximate surface area is 231 Å². The molecule has 40 heavy (non-hydrogen) atoms. The summed E-state index contributed by atoms with van der Waals surface area (Å²) >= 11 is 0. The van der Waals surface area contributed by atoms with E-state index in [1.54, 1.807) is 20.8 Å². The molecule has 2 aromatic rings. The van der Waals surface area contributed by atoms with Crippen LogP contribution in [0.5, 0.6) is 0 Å². The topological polar surface area (TPSA) is 163 Å². The fourth-order valence-electron chi connectivity index (χ4n) is 4.51. The zero-order chi connectivity index (χ0) is 29.2. The van der Waals surface area contributed by atoms with Crippen LogP contribution in [0.4, 0.5) is 20.7 Å². The molecule has 1 aromatic carbocycles. The van der Waals surface area contributed by atoms with Gasteiger partial charge in [-0.3, -0.25) is 14.9 Å². The van der Waals surface area contributed by atoms with E-state index in [1.807, 2.05) is 4.90 Å². The molecule has 0 spiro atoms. The standard InChI is InChI=1S/C27H32FN7O5/c1-16-20(28)9-18(10-21(16)35(38)39)22-30-12-19(13-31-24(36)27(15-29)6-7-27)23(33-22)34-8-5-17(14-34)11-32-25(37)40-26(2,3)4/h9-10,12,17H,5-8,11,13-14H2,1-4H3,(H,31,36)(H,32,37). The molecule has 1 saturated heterocycles. The van der Waals surface area contributed by atoms with Gasteiger partial charge in [0.2, 0.25) is 5.91 Å². The monoisotopic (exact) mass is 553 g/mol. The average Bonchev–Trinajstić information content (AvgIpc) is 3.56. The average molecular weight is 554 g/mol. The molecule has 2 fully saturated rings. The molecule has 12 nitrogen and oxygen atoms in total. The first-order chi connectivity index (χ1) is 18.8. The summed E-state index contributed by atoms with van der Waals surface area (Å²) < 4.78 is 19.8. The second-order valence-corrected chi connectivity index (χ2v) is 11.3. The van der Waals surface area contributed by atoms with Gasteiger partial charge in [-0.15, -0.1) is 0 Å². The van der Waals surface area contributed by atoms with E-state index in [9.17, 15) is 29.4 Å². The molecule has 2 amide bonds. The number of hydrogen-bond acceptors (Lipinski definition) is 9. The number of nitrogens with one attached hydrogen (secondary N) is 2. The number of ether oxygens (including phenoxy) is 1. The summed E-state index contributed by atoms with van der Waals surface area (Å²) in [6, 6.07) is 4.46. The first-order valence-electron chi connectivity index (χ1n) is 13.0. The maximum absolute atomic E-state index is 14.5. The minimum absolute atomic E-state index is 0.0671. The third-order valence-corrected chi connectivity index (χ3v) is 6.97. The quantitative estimate of drug-likeness (QED) is 0.366. The summed E-state index contributed by atoms with van der Waals surface area (Å²) in [7, 11) is 0. The van der Waals surface area contributed by atoms with Crippen LogP contribution in [0.1, 0.15) is 51.2 Å². The first-order valence-corrected chi connectivity index (χ1v) is 13.0. The van der Waals surface area contributed by atoms with Crippen molar-refractivity contribution in [3.8, 4) is 17.5 Å². The molecule has 0 radical (unpaired) electrons. The van der Waals surface area contributed by atoms with Gasteiger partial charge in [0.1, 0.15) is 22.7 Å². The van der Waals surface area contributed by atoms with E-state index < -0.39 is 27.8 Å². The molecule has 1 aliphatic heterocycles. The van der Waals surface area contributed by atoms with Crippen LogP contribution < -0.4 is 15.5 Å². The van der Waals surface area contributed by atoms with Crippen LogP contribution in [0.3, 0.4) is 0 Å². The summed E-state index contributed by atoms with van der Waals surface area (Å²) in [6.45, 7) is 8.25. The second kappa shape index (κ2) is 11.0. The highest BCUT2D eigenvalue weighted by atomic mass is 19.1. The number of nitro groups is 1. The Hall–Kier alpha value is -4.34. The number of aromatic nitrogens is 2. The number of halogens is 1. The number of nitriles is 1. The number of nitrogens with zero attached hydrogens (tertiary/aromatic N) is 5. The van der Waals surface area contributed by atoms with E-state index >= 15 is 0 Å². The van der Waals surface area contributed by atoms with E-state index in [1.165, 1.54) is 19.2 Å². The number of nitro benzene ring substituents is 1. The number of amides is 2. The maximum Gasteiger partial charge on any atom is 0.407 e. The van der Waals surface area contributed by atoms with Crippen molar-refractivity contribution >= 4 is 23.5 Å². The number of carbonyl (C=O) groups is 2. The molecule has 4 rings (SSSR count). The smallest absolute Gasteiger partial charge is 0.407 e. The fraction of sp³-hybridized carbons (Fsp3) is 0.519. The van der Waals surface area contributed by atoms with E-state index in [0.717, 1.165) is 12.5 Å². The zero-order valence-corrected chi connectivity index (χ0v) is 22.9. The molecule has 2 heterocycles. The van der Waals surface area contributed by atoms with E-state index in [0.29, 0.717) is 43.9 Å². The third kappa shape index (κ3) is 6.44. The van der Waals surface area contributed by atoms with Crippen LogP contribution in [-0.2, 0) is 16.1 Å². The molecule has 1 saturated carbocycles. The van der Waals surface area contributed by atoms with Gasteiger partial charge in [-0.05, 0) is 58.9 Å². The fourth-order valence-corrected chi connectivity index (χ4v) is 4.51. The van der Waals surface area contributed by atoms with Crippen LogP contribution in [0.25, 0.3) is 11.4 Å². The lowest BCUT2D eigenvalue weighted by Gasteiger charge is -2.23. The number of anilines is 1. The Balaban J connectivity index is 1.58. The van der Waals surface area contributed by atoms with Crippen molar-refractivity contribution in [3.63, 3.8) is 0 Å². The second-order valence-electron chi connectivity index (χ2n) is 11.3. The highest BCUT2D eigenvalue weighted by Gasteiger charge is 2.50. The summed E-state index contributed by atoms with van der Waals surface area (Å²) in [5, 5.41) is 26.4. The van der Waals surface area contributed by atoms with Crippen molar-refractivity contribution in [1.29, 1.82) is 5.26 Å². The normalized spacial score (nSPS) is 17.6. The lowest BCUT2D eigenvalue weighted by Crippen LogP contribution is -2.36. The van der Waals surface area contributed by atoms with Gasteiger partial charge in [0, 0.05) is 49.6 Å². The number of hydrogen-bond donors (Lipinski definition) is 2. The van der Waals surface area contributed by atoms with E-state index in [4.69, 9.17) is 4.74 Å². The van der Waals surface area contributed by atoms with Gasteiger partial charge in [-0.25, -0.2) is 19.2 Å². The molecule has 0 bridgehead atoms. The summed E-state index contributed by atoms with van der Waals surface area (Å²) in [5.74, 6) is -0.443. The van der Waals surface area contributed by atoms with Crippen LogP contribution in [0, 0.1) is 45.5 Å². The van der Waals surface area contributed by atoms with Crippen LogP contribution in [-0.4, -0.2) is 52.1 Å². The molecular formula is C27H32FN7O5. The maximum atomic E-state index is 14.5. The zero-order valence-electron chi connectivity index (χ0n) is 22.9. The predicted molar refractivity (Wildman–Crippen MR) is 143 cm³/mol. The van der Waals surface area contributed by atoms with E-state index in [-0.39, 0.29) is 41.0 Å². The molecule has 212 valence electrons. The predicted octanol–water partition coefficient (Wildman–Crippen LogP) is 3.77. The SMILES string of the molecule is Cc1c(F)cc(-c2ncc(CNC(=O)C3(C#N)CC3)c(N3CCC(CNC(=O)OC(C)(C)C)C3)n2)cc1[N+](=O)[O-]. The molecule has 2 aliphatic rings. The van der Waals surface area contributed by atoms with Crippen molar-refractivity contribution in [2.45, 2.75) is 59.1 Å². The van der Waals surface area contributed by atoms with Crippen LogP contribution in [0.2, 0.25) is 0 Å². The van der Waals surface area contributed by atoms with Crippen molar-refractivity contribution in [3.05, 3.63) is 45.4 Å². The molecule has 13 heteroatoms. The van der Waals surface area contributed by atoms with Gasteiger partial charge in [0.25, 0.3) is 5.69 Å². The molecule has 1 atom stereocenters. The Bertz CT molecular complexity index is 1380. The summed E-state index contributed by atoms with van der Waals surface area (Å²) in [4.78, 5) is 46.4. The highest BCUT2D eigenvalue weighted by molar-refractivity contribution is 5.88. The largest absolute Gasteiger partial charge is 0.444 e. The number of carbonyl (C=O) groups excluding carboxylic acids is 2. The number of rotatable bonds is 8. The van der Waals surface area contributed by atoms with Gasteiger partial charge >= 0.3 is 6.09 Å². The van der Waals surface area contributed by atoms with Crippen molar-refractivity contribution in [2.24, 2.45) is 11.3 Å². The molecule has 1 aliphatic carbocycles. The first kappa shape index (κ1) is 28.7. The Morgan fingerprint density at radius 1 is 1.32 bits per heavy atom. The van der Waals surface area contributed by atoms with Crippen LogP contribution >= 0.6 is 0 Å². The Kier molecular flexibility index (Phi) is 7.91. The number of benzene rings is 1. The molecule has 1 unspecified atom stereocenters. The van der Waals surface area contributed by atoms with Crippen LogP contribution in [0.15, 0.2) is 18.3 Å². The Morgan fingerprint density at radius 2 is 2.05 bits per heavy atom. The van der Waals surface area contributed by atoms with Gasteiger partial charge in [-0.1, -0.05) is 0 Å².